The topological polar surface area (TPSA) is 32.3 Å². The number of piperidine rings is 1. The van der Waals surface area contributed by atoms with Crippen molar-refractivity contribution >= 4 is 5.91 Å². The Morgan fingerprint density at radius 1 is 1.10 bits per heavy atom. The zero-order chi connectivity index (χ0) is 20.6. The van der Waals surface area contributed by atoms with Gasteiger partial charge in [-0.25, -0.2) is 4.39 Å². The Bertz CT molecular complexity index is 780. The predicted molar refractivity (Wildman–Crippen MR) is 116 cm³/mol. The molecule has 1 heterocycles. The number of halogens is 1. The van der Waals surface area contributed by atoms with Gasteiger partial charge in [0, 0.05) is 24.6 Å². The minimum atomic E-state index is -0.147. The molecule has 1 aliphatic rings. The van der Waals surface area contributed by atoms with Gasteiger partial charge >= 0.3 is 0 Å². The van der Waals surface area contributed by atoms with E-state index in [9.17, 15) is 9.18 Å². The van der Waals surface area contributed by atoms with Gasteiger partial charge in [0.25, 0.3) is 0 Å². The van der Waals surface area contributed by atoms with Gasteiger partial charge in [0.1, 0.15) is 5.82 Å². The lowest BCUT2D eigenvalue weighted by Crippen LogP contribution is -2.40. The molecule has 0 spiro atoms. The Hall–Kier alpha value is -2.20. The molecular weight excluding hydrogens is 363 g/mol. The summed E-state index contributed by atoms with van der Waals surface area (Å²) in [5, 5.41) is 3.11. The van der Waals surface area contributed by atoms with Crippen LogP contribution in [0.25, 0.3) is 0 Å². The van der Waals surface area contributed by atoms with Crippen molar-refractivity contribution in [1.29, 1.82) is 0 Å². The highest BCUT2D eigenvalue weighted by molar-refractivity contribution is 5.78. The van der Waals surface area contributed by atoms with Gasteiger partial charge in [-0.05, 0) is 61.9 Å². The smallest absolute Gasteiger partial charge is 0.223 e. The van der Waals surface area contributed by atoms with Crippen molar-refractivity contribution < 1.29 is 9.18 Å². The zero-order valence-electron chi connectivity index (χ0n) is 17.7. The van der Waals surface area contributed by atoms with E-state index in [-0.39, 0.29) is 17.6 Å². The van der Waals surface area contributed by atoms with Crippen molar-refractivity contribution in [1.82, 2.24) is 10.2 Å². The molecule has 3 nitrogen and oxygen atoms in total. The number of carbonyl (C=O) groups is 1. The molecule has 0 aliphatic carbocycles. The maximum absolute atomic E-state index is 13.8. The van der Waals surface area contributed by atoms with Gasteiger partial charge in [0.15, 0.2) is 0 Å². The molecule has 4 heteroatoms. The lowest BCUT2D eigenvalue weighted by Gasteiger charge is -2.31. The van der Waals surface area contributed by atoms with Crippen molar-refractivity contribution in [3.05, 3.63) is 71.0 Å². The first-order chi connectivity index (χ1) is 14.0. The molecule has 1 N–H and O–H groups in total. The number of aryl methyl sites for hydroxylation is 1. The van der Waals surface area contributed by atoms with Crippen LogP contribution in [0.15, 0.2) is 48.5 Å². The van der Waals surface area contributed by atoms with E-state index in [2.05, 4.69) is 48.3 Å². The van der Waals surface area contributed by atoms with E-state index in [0.29, 0.717) is 12.5 Å². The maximum atomic E-state index is 13.8. The summed E-state index contributed by atoms with van der Waals surface area (Å²) in [6, 6.07) is 15.7. The van der Waals surface area contributed by atoms with Crippen LogP contribution in [0.1, 0.15) is 55.7 Å². The highest BCUT2D eigenvalue weighted by Crippen LogP contribution is 2.20. The van der Waals surface area contributed by atoms with E-state index in [0.717, 1.165) is 50.9 Å². The van der Waals surface area contributed by atoms with Crippen LogP contribution >= 0.6 is 0 Å². The van der Waals surface area contributed by atoms with Gasteiger partial charge < -0.3 is 5.32 Å². The minimum Gasteiger partial charge on any atom is -0.356 e. The SMILES string of the molecule is CC(C)c1ccc(CCCNC(=O)C2CCN(Cc3ccccc3F)CC2)cc1. The number of nitrogens with zero attached hydrogens (tertiary/aromatic N) is 1. The highest BCUT2D eigenvalue weighted by atomic mass is 19.1. The molecule has 29 heavy (non-hydrogen) atoms. The highest BCUT2D eigenvalue weighted by Gasteiger charge is 2.25. The van der Waals surface area contributed by atoms with Crippen molar-refractivity contribution in [2.45, 2.75) is 52.0 Å². The first-order valence-electron chi connectivity index (χ1n) is 10.8. The fourth-order valence-corrected chi connectivity index (χ4v) is 3.94. The number of benzene rings is 2. The summed E-state index contributed by atoms with van der Waals surface area (Å²) in [7, 11) is 0. The maximum Gasteiger partial charge on any atom is 0.223 e. The number of rotatable bonds is 8. The Morgan fingerprint density at radius 2 is 1.79 bits per heavy atom. The zero-order valence-corrected chi connectivity index (χ0v) is 17.7. The van der Waals surface area contributed by atoms with Crippen molar-refractivity contribution in [2.24, 2.45) is 5.92 Å². The second-order valence-electron chi connectivity index (χ2n) is 8.43. The molecule has 1 aliphatic heterocycles. The number of nitrogens with one attached hydrogen (secondary N) is 1. The molecule has 156 valence electrons. The average Bonchev–Trinajstić information content (AvgIpc) is 2.73. The standard InChI is InChI=1S/C25H33FN2O/c1-19(2)21-11-9-20(10-12-21)6-5-15-27-25(29)22-13-16-28(17-14-22)18-23-7-3-4-8-24(23)26/h3-4,7-12,19,22H,5-6,13-18H2,1-2H3,(H,27,29). The van der Waals surface area contributed by atoms with Crippen LogP contribution in [0.4, 0.5) is 4.39 Å². The van der Waals surface area contributed by atoms with Gasteiger partial charge in [-0.2, -0.15) is 0 Å². The number of hydrogen-bond acceptors (Lipinski definition) is 2. The molecule has 2 aromatic rings. The Morgan fingerprint density at radius 3 is 2.45 bits per heavy atom. The molecule has 0 radical (unpaired) electrons. The molecule has 0 atom stereocenters. The monoisotopic (exact) mass is 396 g/mol. The first-order valence-corrected chi connectivity index (χ1v) is 10.8. The molecule has 0 unspecified atom stereocenters. The summed E-state index contributed by atoms with van der Waals surface area (Å²) < 4.78 is 13.8. The van der Waals surface area contributed by atoms with Crippen LogP contribution in [0, 0.1) is 11.7 Å². The third-order valence-corrected chi connectivity index (χ3v) is 5.90. The summed E-state index contributed by atoms with van der Waals surface area (Å²) in [5.41, 5.74) is 3.42. The van der Waals surface area contributed by atoms with Crippen molar-refractivity contribution in [3.63, 3.8) is 0 Å². The van der Waals surface area contributed by atoms with Gasteiger partial charge in [0.2, 0.25) is 5.91 Å². The second-order valence-corrected chi connectivity index (χ2v) is 8.43. The predicted octanol–water partition coefficient (Wildman–Crippen LogP) is 4.91. The lowest BCUT2D eigenvalue weighted by atomic mass is 9.95. The van der Waals surface area contributed by atoms with E-state index < -0.39 is 0 Å². The molecule has 1 fully saturated rings. The number of likely N-dealkylation sites (tertiary alicyclic amines) is 1. The van der Waals surface area contributed by atoms with Crippen LogP contribution in [-0.4, -0.2) is 30.4 Å². The fraction of sp³-hybridized carbons (Fsp3) is 0.480. The van der Waals surface area contributed by atoms with E-state index in [1.165, 1.54) is 17.2 Å². The van der Waals surface area contributed by atoms with E-state index in [1.807, 2.05) is 12.1 Å². The largest absolute Gasteiger partial charge is 0.356 e. The molecule has 1 saturated heterocycles. The molecule has 2 aromatic carbocycles. The van der Waals surface area contributed by atoms with Crippen molar-refractivity contribution in [3.8, 4) is 0 Å². The third-order valence-electron chi connectivity index (χ3n) is 5.90. The van der Waals surface area contributed by atoms with Crippen LogP contribution in [-0.2, 0) is 17.8 Å². The Kier molecular flexibility index (Phi) is 7.82. The summed E-state index contributed by atoms with van der Waals surface area (Å²) in [6.07, 6.45) is 3.63. The van der Waals surface area contributed by atoms with Crippen LogP contribution in [0.3, 0.4) is 0 Å². The van der Waals surface area contributed by atoms with E-state index in [1.54, 1.807) is 6.07 Å². The van der Waals surface area contributed by atoms with E-state index in [4.69, 9.17) is 0 Å². The number of carbonyl (C=O) groups excluding carboxylic acids is 1. The van der Waals surface area contributed by atoms with Gasteiger partial charge in [-0.15, -0.1) is 0 Å². The fourth-order valence-electron chi connectivity index (χ4n) is 3.94. The average molecular weight is 397 g/mol. The van der Waals surface area contributed by atoms with Crippen LogP contribution < -0.4 is 5.32 Å². The summed E-state index contributed by atoms with van der Waals surface area (Å²) in [4.78, 5) is 14.7. The molecular formula is C25H33FN2O. The van der Waals surface area contributed by atoms with Gasteiger partial charge in [0.05, 0.1) is 0 Å². The van der Waals surface area contributed by atoms with Gasteiger partial charge in [-0.3, -0.25) is 9.69 Å². The number of hydrogen-bond donors (Lipinski definition) is 1. The van der Waals surface area contributed by atoms with Crippen LogP contribution in [0.2, 0.25) is 0 Å². The Labute approximate surface area is 174 Å². The lowest BCUT2D eigenvalue weighted by molar-refractivity contribution is -0.126. The van der Waals surface area contributed by atoms with Gasteiger partial charge in [-0.1, -0.05) is 56.3 Å². The first kappa shape index (κ1) is 21.5. The third kappa shape index (κ3) is 6.40. The Balaban J connectivity index is 1.34. The quantitative estimate of drug-likeness (QED) is 0.643. The summed E-state index contributed by atoms with van der Waals surface area (Å²) >= 11 is 0. The molecule has 3 rings (SSSR count). The summed E-state index contributed by atoms with van der Waals surface area (Å²) in [6.45, 7) is 7.43. The normalized spacial score (nSPS) is 15.6. The van der Waals surface area contributed by atoms with E-state index >= 15 is 0 Å². The molecule has 0 bridgehead atoms. The van der Waals surface area contributed by atoms with Crippen molar-refractivity contribution in [2.75, 3.05) is 19.6 Å². The molecule has 0 saturated carbocycles. The molecule has 1 amide bonds. The minimum absolute atomic E-state index is 0.0807. The number of amides is 1. The summed E-state index contributed by atoms with van der Waals surface area (Å²) in [5.74, 6) is 0.663. The molecule has 0 aromatic heterocycles. The van der Waals surface area contributed by atoms with Crippen LogP contribution in [0.5, 0.6) is 0 Å². The second kappa shape index (κ2) is 10.5.